The average molecular weight is 565 g/mol. The molecule has 1 saturated heterocycles. The molecule has 1 saturated carbocycles. The third kappa shape index (κ3) is 4.95. The maximum atomic E-state index is 13.5. The number of anilines is 1. The Morgan fingerprint density at radius 1 is 1.08 bits per heavy atom. The highest BCUT2D eigenvalue weighted by atomic mass is 32.2. The first-order chi connectivity index (χ1) is 18.1. The zero-order valence-corrected chi connectivity index (χ0v) is 22.1. The molecule has 2 heterocycles. The number of thiazole rings is 1. The van der Waals surface area contributed by atoms with Gasteiger partial charge in [-0.25, -0.2) is 13.4 Å². The number of sulfone groups is 1. The molecule has 1 aromatic carbocycles. The van der Waals surface area contributed by atoms with Gasteiger partial charge in [0.2, 0.25) is 5.41 Å². The van der Waals surface area contributed by atoms with Gasteiger partial charge >= 0.3 is 11.9 Å². The van der Waals surface area contributed by atoms with E-state index in [2.05, 4.69) is 10.3 Å². The van der Waals surface area contributed by atoms with Gasteiger partial charge in [-0.3, -0.25) is 19.7 Å². The number of aromatic nitrogens is 1. The Hall–Kier alpha value is -2.87. The van der Waals surface area contributed by atoms with Crippen LogP contribution in [0, 0.1) is 0 Å². The summed E-state index contributed by atoms with van der Waals surface area (Å²) >= 11 is 1.05. The highest BCUT2D eigenvalue weighted by molar-refractivity contribution is 7.92. The smallest absolute Gasteiger partial charge is 0.327 e. The predicted molar refractivity (Wildman–Crippen MR) is 135 cm³/mol. The van der Waals surface area contributed by atoms with Crippen molar-refractivity contribution in [3.8, 4) is 0 Å². The highest BCUT2D eigenvalue weighted by Gasteiger charge is 2.53. The first-order valence-corrected chi connectivity index (χ1v) is 14.8. The number of aliphatic carboxylic acids is 2. The molecule has 1 aromatic heterocycles. The van der Waals surface area contributed by atoms with Gasteiger partial charge in [0.15, 0.2) is 21.1 Å². The third-order valence-electron chi connectivity index (χ3n) is 7.23. The Labute approximate surface area is 223 Å². The number of nitrogens with zero attached hydrogens (tertiary/aromatic N) is 1. The topological polar surface area (TPSA) is 169 Å². The van der Waals surface area contributed by atoms with Crippen LogP contribution in [0.15, 0.2) is 29.2 Å². The molecule has 3 aliphatic rings. The summed E-state index contributed by atoms with van der Waals surface area (Å²) in [6.07, 6.45) is 1.85. The van der Waals surface area contributed by atoms with Gasteiger partial charge in [0.1, 0.15) is 0 Å². The number of carbonyl (C=O) groups is 3. The number of hydrogen-bond acceptors (Lipinski definition) is 9. The number of aryl methyl sites for hydroxylation is 1. The van der Waals surface area contributed by atoms with Crippen LogP contribution in [-0.4, -0.2) is 66.0 Å². The normalized spacial score (nSPS) is 20.3. The van der Waals surface area contributed by atoms with Crippen LogP contribution in [0.1, 0.15) is 60.8 Å². The van der Waals surface area contributed by atoms with Gasteiger partial charge in [-0.15, -0.1) is 11.3 Å². The molecule has 1 atom stereocenters. The fourth-order valence-corrected chi connectivity index (χ4v) is 7.66. The largest absolute Gasteiger partial charge is 0.480 e. The minimum atomic E-state index is -3.39. The summed E-state index contributed by atoms with van der Waals surface area (Å²) in [6.45, 7) is 0.979. The van der Waals surface area contributed by atoms with E-state index in [1.165, 1.54) is 12.1 Å². The fourth-order valence-electron chi connectivity index (χ4n) is 4.92. The van der Waals surface area contributed by atoms with Crippen molar-refractivity contribution in [3.63, 3.8) is 0 Å². The number of nitrogens with one attached hydrogen (secondary N) is 1. The zero-order valence-electron chi connectivity index (χ0n) is 20.4. The summed E-state index contributed by atoms with van der Waals surface area (Å²) in [7, 11) is -3.39. The molecule has 1 amide bonds. The Kier molecular flexibility index (Phi) is 7.29. The molecule has 11 nitrogen and oxygen atoms in total. The monoisotopic (exact) mass is 564 g/mol. The fraction of sp³-hybridized carbons (Fsp3) is 0.520. The van der Waals surface area contributed by atoms with Crippen LogP contribution in [-0.2, 0) is 45.5 Å². The first-order valence-electron chi connectivity index (χ1n) is 12.5. The number of fused-ring (bicyclic) bond motifs is 1. The number of rotatable bonds is 9. The van der Waals surface area contributed by atoms with E-state index in [0.29, 0.717) is 62.2 Å². The highest BCUT2D eigenvalue weighted by Crippen LogP contribution is 2.42. The van der Waals surface area contributed by atoms with E-state index in [1.807, 2.05) is 0 Å². The molecular formula is C25H28N2O9S2. The van der Waals surface area contributed by atoms with E-state index in [1.54, 1.807) is 12.1 Å². The SMILES string of the molecule is O=C(Nc1nc2c(s1)CCCC2(C(=O)O)C(=O)O)C(OC1CCOCC1)c1ccc(S(=O)(=O)C2CC2)cc1. The van der Waals surface area contributed by atoms with E-state index in [4.69, 9.17) is 9.47 Å². The van der Waals surface area contributed by atoms with Gasteiger partial charge in [0.25, 0.3) is 5.91 Å². The lowest BCUT2D eigenvalue weighted by atomic mass is 9.75. The van der Waals surface area contributed by atoms with Gasteiger partial charge in [-0.2, -0.15) is 0 Å². The average Bonchev–Trinajstić information content (AvgIpc) is 3.68. The minimum Gasteiger partial charge on any atom is -0.480 e. The molecular weight excluding hydrogens is 536 g/mol. The molecule has 2 aromatic rings. The lowest BCUT2D eigenvalue weighted by Gasteiger charge is -2.27. The van der Waals surface area contributed by atoms with Crippen molar-refractivity contribution in [3.05, 3.63) is 40.4 Å². The lowest BCUT2D eigenvalue weighted by Crippen LogP contribution is -2.46. The Balaban J connectivity index is 1.42. The summed E-state index contributed by atoms with van der Waals surface area (Å²) in [5.41, 5.74) is -1.76. The molecule has 3 N–H and O–H groups in total. The van der Waals surface area contributed by atoms with Crippen molar-refractivity contribution in [1.29, 1.82) is 0 Å². The number of hydrogen-bond donors (Lipinski definition) is 3. The summed E-state index contributed by atoms with van der Waals surface area (Å²) in [5, 5.41) is 21.9. The second kappa shape index (κ2) is 10.4. The number of amides is 1. The second-order valence-corrected chi connectivity index (χ2v) is 13.1. The third-order valence-corrected chi connectivity index (χ3v) is 10.5. The first kappa shape index (κ1) is 26.7. The molecule has 0 bridgehead atoms. The van der Waals surface area contributed by atoms with E-state index >= 15 is 0 Å². The van der Waals surface area contributed by atoms with E-state index in [0.717, 1.165) is 11.3 Å². The van der Waals surface area contributed by atoms with Gasteiger partial charge in [-0.05, 0) is 62.6 Å². The Morgan fingerprint density at radius 3 is 2.34 bits per heavy atom. The number of benzene rings is 1. The van der Waals surface area contributed by atoms with Crippen molar-refractivity contribution < 1.29 is 42.5 Å². The van der Waals surface area contributed by atoms with Crippen molar-refractivity contribution in [2.75, 3.05) is 18.5 Å². The van der Waals surface area contributed by atoms with E-state index < -0.39 is 39.2 Å². The van der Waals surface area contributed by atoms with Crippen LogP contribution >= 0.6 is 11.3 Å². The van der Waals surface area contributed by atoms with E-state index in [-0.39, 0.29) is 33.5 Å². The predicted octanol–water partition coefficient (Wildman–Crippen LogP) is 2.70. The maximum absolute atomic E-state index is 13.5. The molecule has 2 fully saturated rings. The summed E-state index contributed by atoms with van der Waals surface area (Å²) < 4.78 is 36.7. The molecule has 0 radical (unpaired) electrons. The Bertz CT molecular complexity index is 1330. The number of carbonyl (C=O) groups excluding carboxylic acids is 1. The van der Waals surface area contributed by atoms with Crippen molar-refractivity contribution in [2.24, 2.45) is 0 Å². The van der Waals surface area contributed by atoms with Crippen LogP contribution < -0.4 is 5.32 Å². The quantitative estimate of drug-likeness (QED) is 0.385. The van der Waals surface area contributed by atoms with Crippen molar-refractivity contribution >= 4 is 44.2 Å². The molecule has 2 aliphatic carbocycles. The van der Waals surface area contributed by atoms with Gasteiger partial charge in [-0.1, -0.05) is 12.1 Å². The van der Waals surface area contributed by atoms with Crippen LogP contribution in [0.2, 0.25) is 0 Å². The van der Waals surface area contributed by atoms with Crippen LogP contribution in [0.5, 0.6) is 0 Å². The standard InChI is InChI=1S/C25H28N2O9S2/c28-21(27-24-26-20-18(37-24)2-1-11-25(20,22(29)30)23(31)32)19(36-15-9-12-35-13-10-15)14-3-5-16(6-4-14)38(33,34)17-7-8-17/h3-6,15,17,19H,1-2,7-13H2,(H,29,30)(H,31,32)(H,26,27,28). The Morgan fingerprint density at radius 2 is 1.74 bits per heavy atom. The second-order valence-electron chi connectivity index (χ2n) is 9.79. The summed E-state index contributed by atoms with van der Waals surface area (Å²) in [5.74, 6) is -3.55. The molecule has 5 rings (SSSR count). The van der Waals surface area contributed by atoms with Gasteiger partial charge < -0.3 is 19.7 Å². The molecule has 13 heteroatoms. The number of carboxylic acid groups (broad SMARTS) is 2. The number of carboxylic acids is 2. The molecule has 0 spiro atoms. The minimum absolute atomic E-state index is 0.0550. The molecule has 204 valence electrons. The maximum Gasteiger partial charge on any atom is 0.327 e. The van der Waals surface area contributed by atoms with Crippen molar-refractivity contribution in [2.45, 2.75) is 72.7 Å². The van der Waals surface area contributed by atoms with Gasteiger partial charge in [0, 0.05) is 18.1 Å². The van der Waals surface area contributed by atoms with Gasteiger partial charge in [0.05, 0.1) is 21.9 Å². The summed E-state index contributed by atoms with van der Waals surface area (Å²) in [4.78, 5) is 42.4. The van der Waals surface area contributed by atoms with Crippen molar-refractivity contribution in [1.82, 2.24) is 4.98 Å². The van der Waals surface area contributed by atoms with Crippen LogP contribution in [0.25, 0.3) is 0 Å². The van der Waals surface area contributed by atoms with Crippen LogP contribution in [0.3, 0.4) is 0 Å². The zero-order chi connectivity index (χ0) is 27.1. The molecule has 1 unspecified atom stereocenters. The summed E-state index contributed by atoms with van der Waals surface area (Å²) in [6, 6.07) is 6.08. The number of ether oxygens (including phenoxy) is 2. The molecule has 38 heavy (non-hydrogen) atoms. The van der Waals surface area contributed by atoms with E-state index in [9.17, 15) is 33.0 Å². The van der Waals surface area contributed by atoms with Crippen LogP contribution in [0.4, 0.5) is 5.13 Å². The lowest BCUT2D eigenvalue weighted by molar-refractivity contribution is -0.158. The molecule has 1 aliphatic heterocycles.